The van der Waals surface area contributed by atoms with Gasteiger partial charge in [0.25, 0.3) is 0 Å². The summed E-state index contributed by atoms with van der Waals surface area (Å²) in [4.78, 5) is 0. The van der Waals surface area contributed by atoms with Crippen LogP contribution in [-0.2, 0) is 5.41 Å². The van der Waals surface area contributed by atoms with Crippen LogP contribution in [0.5, 0.6) is 11.5 Å². The molecule has 4 heteroatoms. The SMILES string of the molecule is OCCOc1ccc(C2(c3ccc(OCCO)cc3)c3ccc(-c4ccccc4)cc3-c3cc(-c4ccccc4)ccc32)cc1. The summed E-state index contributed by atoms with van der Waals surface area (Å²) in [5.74, 6) is 1.43. The van der Waals surface area contributed by atoms with Crippen molar-refractivity contribution in [1.82, 2.24) is 0 Å². The van der Waals surface area contributed by atoms with E-state index >= 15 is 0 Å². The van der Waals surface area contributed by atoms with Crippen molar-refractivity contribution in [3.05, 3.63) is 168 Å². The van der Waals surface area contributed by atoms with Crippen molar-refractivity contribution in [3.8, 4) is 44.9 Å². The summed E-state index contributed by atoms with van der Waals surface area (Å²) >= 11 is 0. The average molecular weight is 591 g/mol. The lowest BCUT2D eigenvalue weighted by Crippen LogP contribution is -2.28. The molecule has 0 saturated carbocycles. The number of hydrogen-bond acceptors (Lipinski definition) is 4. The number of aliphatic hydroxyl groups is 2. The highest BCUT2D eigenvalue weighted by Crippen LogP contribution is 2.57. The van der Waals surface area contributed by atoms with Gasteiger partial charge in [-0.05, 0) is 92.0 Å². The lowest BCUT2D eigenvalue weighted by molar-refractivity contribution is 0.201. The van der Waals surface area contributed by atoms with Crippen LogP contribution in [0.1, 0.15) is 22.3 Å². The predicted octanol–water partition coefficient (Wildman–Crippen LogP) is 8.13. The first kappa shape index (κ1) is 28.6. The van der Waals surface area contributed by atoms with E-state index in [1.807, 2.05) is 36.4 Å². The monoisotopic (exact) mass is 590 g/mol. The Morgan fingerprint density at radius 2 is 0.822 bits per heavy atom. The molecular formula is C41H34O4. The summed E-state index contributed by atoms with van der Waals surface area (Å²) in [6.07, 6.45) is 0. The van der Waals surface area contributed by atoms with Crippen molar-refractivity contribution in [1.29, 1.82) is 0 Å². The highest BCUT2D eigenvalue weighted by atomic mass is 16.5. The molecule has 6 aromatic rings. The maximum Gasteiger partial charge on any atom is 0.119 e. The van der Waals surface area contributed by atoms with Gasteiger partial charge >= 0.3 is 0 Å². The van der Waals surface area contributed by atoms with Crippen LogP contribution >= 0.6 is 0 Å². The summed E-state index contributed by atoms with van der Waals surface area (Å²) in [6.45, 7) is 0.418. The molecule has 0 spiro atoms. The smallest absolute Gasteiger partial charge is 0.119 e. The Morgan fingerprint density at radius 1 is 0.422 bits per heavy atom. The van der Waals surface area contributed by atoms with E-state index < -0.39 is 5.41 Å². The van der Waals surface area contributed by atoms with E-state index in [0.717, 1.165) is 11.1 Å². The molecule has 0 bridgehead atoms. The molecule has 0 unspecified atom stereocenters. The molecule has 4 nitrogen and oxygen atoms in total. The Bertz CT molecular complexity index is 1750. The Balaban J connectivity index is 1.49. The van der Waals surface area contributed by atoms with E-state index in [2.05, 4.69) is 109 Å². The average Bonchev–Trinajstić information content (AvgIpc) is 3.41. The van der Waals surface area contributed by atoms with E-state index in [0.29, 0.717) is 11.5 Å². The van der Waals surface area contributed by atoms with Gasteiger partial charge in [-0.1, -0.05) is 109 Å². The number of aliphatic hydroxyl groups excluding tert-OH is 2. The van der Waals surface area contributed by atoms with Crippen LogP contribution in [-0.4, -0.2) is 36.6 Å². The van der Waals surface area contributed by atoms with E-state index in [1.165, 1.54) is 44.5 Å². The van der Waals surface area contributed by atoms with Crippen molar-refractivity contribution in [2.45, 2.75) is 5.41 Å². The molecule has 0 aromatic heterocycles. The first-order valence-corrected chi connectivity index (χ1v) is 15.3. The van der Waals surface area contributed by atoms with Gasteiger partial charge in [-0.25, -0.2) is 0 Å². The second-order valence-corrected chi connectivity index (χ2v) is 11.2. The maximum atomic E-state index is 9.30. The number of hydrogen-bond donors (Lipinski definition) is 2. The number of fused-ring (bicyclic) bond motifs is 3. The molecule has 7 rings (SSSR count). The Labute approximate surface area is 263 Å². The molecule has 0 atom stereocenters. The number of rotatable bonds is 10. The summed E-state index contributed by atoms with van der Waals surface area (Å²) in [5, 5.41) is 18.6. The van der Waals surface area contributed by atoms with Crippen LogP contribution in [0.4, 0.5) is 0 Å². The zero-order chi connectivity index (χ0) is 30.6. The summed E-state index contributed by atoms with van der Waals surface area (Å²) in [7, 11) is 0. The minimum Gasteiger partial charge on any atom is -0.491 e. The second kappa shape index (κ2) is 12.4. The molecule has 222 valence electrons. The van der Waals surface area contributed by atoms with Gasteiger partial charge < -0.3 is 19.7 Å². The van der Waals surface area contributed by atoms with Gasteiger partial charge in [0.1, 0.15) is 24.7 Å². The van der Waals surface area contributed by atoms with E-state index in [9.17, 15) is 10.2 Å². The molecule has 0 aliphatic heterocycles. The molecule has 0 saturated heterocycles. The standard InChI is InChI=1S/C41H34O4/c42-23-25-44-35-17-13-33(14-18-35)41(34-15-19-36(20-16-34)45-26-24-43)39-21-11-31(29-7-3-1-4-8-29)27-37(39)38-28-32(12-22-40(38)41)30-9-5-2-6-10-30/h1-22,27-28,42-43H,23-26H2. The first-order valence-electron chi connectivity index (χ1n) is 15.3. The van der Waals surface area contributed by atoms with Crippen LogP contribution in [0.25, 0.3) is 33.4 Å². The second-order valence-electron chi connectivity index (χ2n) is 11.2. The first-order chi connectivity index (χ1) is 22.2. The number of ether oxygens (including phenoxy) is 2. The van der Waals surface area contributed by atoms with Crippen molar-refractivity contribution in [2.24, 2.45) is 0 Å². The highest BCUT2D eigenvalue weighted by Gasteiger charge is 2.46. The molecule has 0 amide bonds. The molecule has 0 heterocycles. The highest BCUT2D eigenvalue weighted by molar-refractivity contribution is 5.91. The summed E-state index contributed by atoms with van der Waals surface area (Å²) in [6, 6.07) is 51.2. The Kier molecular flexibility index (Phi) is 7.91. The molecule has 45 heavy (non-hydrogen) atoms. The third-order valence-corrected chi connectivity index (χ3v) is 8.65. The van der Waals surface area contributed by atoms with Crippen molar-refractivity contribution in [3.63, 3.8) is 0 Å². The summed E-state index contributed by atoms with van der Waals surface area (Å²) in [5.41, 5.74) is 11.1. The van der Waals surface area contributed by atoms with Gasteiger partial charge in [-0.3, -0.25) is 0 Å². The lowest BCUT2D eigenvalue weighted by atomic mass is 9.67. The van der Waals surface area contributed by atoms with Gasteiger partial charge in [0, 0.05) is 0 Å². The van der Waals surface area contributed by atoms with Gasteiger partial charge in [0.05, 0.1) is 18.6 Å². The Hall–Kier alpha value is -5.16. The molecular weight excluding hydrogens is 556 g/mol. The summed E-state index contributed by atoms with van der Waals surface area (Å²) < 4.78 is 11.5. The van der Waals surface area contributed by atoms with Crippen molar-refractivity contribution >= 4 is 0 Å². The molecule has 0 fully saturated rings. The van der Waals surface area contributed by atoms with Gasteiger partial charge in [-0.2, -0.15) is 0 Å². The third-order valence-electron chi connectivity index (χ3n) is 8.65. The van der Waals surface area contributed by atoms with Gasteiger partial charge in [0.2, 0.25) is 0 Å². The van der Waals surface area contributed by atoms with Crippen LogP contribution in [0.15, 0.2) is 146 Å². The molecule has 2 N–H and O–H groups in total. The fraction of sp³-hybridized carbons (Fsp3) is 0.122. The predicted molar refractivity (Wildman–Crippen MR) is 180 cm³/mol. The van der Waals surface area contributed by atoms with E-state index in [-0.39, 0.29) is 26.4 Å². The van der Waals surface area contributed by atoms with Crippen LogP contribution in [0.2, 0.25) is 0 Å². The van der Waals surface area contributed by atoms with Crippen molar-refractivity contribution in [2.75, 3.05) is 26.4 Å². The quantitative estimate of drug-likeness (QED) is 0.169. The van der Waals surface area contributed by atoms with Crippen LogP contribution < -0.4 is 9.47 Å². The zero-order valence-electron chi connectivity index (χ0n) is 24.9. The minimum absolute atomic E-state index is 0.0371. The van der Waals surface area contributed by atoms with E-state index in [1.54, 1.807) is 0 Å². The third kappa shape index (κ3) is 5.18. The largest absolute Gasteiger partial charge is 0.491 e. The van der Waals surface area contributed by atoms with Crippen LogP contribution in [0, 0.1) is 0 Å². The molecule has 1 aliphatic carbocycles. The van der Waals surface area contributed by atoms with E-state index in [4.69, 9.17) is 9.47 Å². The minimum atomic E-state index is -0.611. The topological polar surface area (TPSA) is 58.9 Å². The molecule has 1 aliphatic rings. The zero-order valence-corrected chi connectivity index (χ0v) is 24.9. The maximum absolute atomic E-state index is 9.30. The molecule has 6 aromatic carbocycles. The fourth-order valence-corrected chi connectivity index (χ4v) is 6.67. The fourth-order valence-electron chi connectivity index (χ4n) is 6.67. The Morgan fingerprint density at radius 3 is 1.20 bits per heavy atom. The number of benzene rings is 6. The lowest BCUT2D eigenvalue weighted by Gasteiger charge is -2.34. The van der Waals surface area contributed by atoms with Gasteiger partial charge in [-0.15, -0.1) is 0 Å². The van der Waals surface area contributed by atoms with Crippen LogP contribution in [0.3, 0.4) is 0 Å². The van der Waals surface area contributed by atoms with Crippen molar-refractivity contribution < 1.29 is 19.7 Å². The molecule has 0 radical (unpaired) electrons. The normalized spacial score (nSPS) is 12.8. The van der Waals surface area contributed by atoms with Gasteiger partial charge in [0.15, 0.2) is 0 Å².